The van der Waals surface area contributed by atoms with Crippen molar-refractivity contribution in [3.63, 3.8) is 0 Å². The van der Waals surface area contributed by atoms with E-state index in [1.165, 1.54) is 0 Å². The molecule has 0 unspecified atom stereocenters. The maximum atomic E-state index is 12.7. The number of rotatable bonds is 2. The van der Waals surface area contributed by atoms with E-state index in [1.54, 1.807) is 23.1 Å². The predicted molar refractivity (Wildman–Crippen MR) is 80.5 cm³/mol. The second-order valence-corrected chi connectivity index (χ2v) is 6.17. The fraction of sp³-hybridized carbons (Fsp3) is 0.438. The summed E-state index contributed by atoms with van der Waals surface area (Å²) in [5, 5.41) is 5.67. The van der Waals surface area contributed by atoms with Gasteiger partial charge in [0.25, 0.3) is 5.91 Å². The lowest BCUT2D eigenvalue weighted by Gasteiger charge is -2.20. The van der Waals surface area contributed by atoms with Crippen molar-refractivity contribution >= 4 is 29.1 Å². The van der Waals surface area contributed by atoms with E-state index in [0.717, 1.165) is 19.3 Å². The number of nitrogens with one attached hydrogen (secondary N) is 2. The first-order chi connectivity index (χ1) is 10.6. The summed E-state index contributed by atoms with van der Waals surface area (Å²) < 4.78 is 0. The normalized spacial score (nSPS) is 23.5. The number of benzene rings is 1. The average molecular weight is 299 g/mol. The molecule has 1 atom stereocenters. The summed E-state index contributed by atoms with van der Waals surface area (Å²) in [6, 6.07) is 4.71. The minimum atomic E-state index is -0.371. The Morgan fingerprint density at radius 3 is 2.82 bits per heavy atom. The number of fused-ring (bicyclic) bond motifs is 2. The number of carbonyl (C=O) groups is 3. The van der Waals surface area contributed by atoms with Gasteiger partial charge in [-0.3, -0.25) is 14.4 Å². The lowest BCUT2D eigenvalue weighted by atomic mass is 10.1. The Labute approximate surface area is 127 Å². The van der Waals surface area contributed by atoms with Gasteiger partial charge in [0.1, 0.15) is 6.04 Å². The van der Waals surface area contributed by atoms with E-state index in [4.69, 9.17) is 0 Å². The zero-order valence-corrected chi connectivity index (χ0v) is 12.1. The van der Waals surface area contributed by atoms with Crippen LogP contribution in [0.3, 0.4) is 0 Å². The van der Waals surface area contributed by atoms with Crippen LogP contribution in [0.2, 0.25) is 0 Å². The van der Waals surface area contributed by atoms with E-state index in [2.05, 4.69) is 10.6 Å². The molecule has 0 bridgehead atoms. The van der Waals surface area contributed by atoms with Gasteiger partial charge < -0.3 is 15.5 Å². The maximum absolute atomic E-state index is 12.7. The molecule has 22 heavy (non-hydrogen) atoms. The van der Waals surface area contributed by atoms with Crippen LogP contribution >= 0.6 is 0 Å². The van der Waals surface area contributed by atoms with Crippen LogP contribution in [-0.2, 0) is 9.59 Å². The summed E-state index contributed by atoms with van der Waals surface area (Å²) in [5.74, 6) is -0.154. The lowest BCUT2D eigenvalue weighted by molar-refractivity contribution is -0.119. The van der Waals surface area contributed by atoms with Crippen molar-refractivity contribution in [2.75, 3.05) is 17.2 Å². The van der Waals surface area contributed by atoms with Gasteiger partial charge in [-0.15, -0.1) is 0 Å². The molecule has 3 aliphatic rings. The average Bonchev–Trinajstić information content (AvgIpc) is 3.25. The van der Waals surface area contributed by atoms with Crippen molar-refractivity contribution in [2.24, 2.45) is 5.92 Å². The zero-order chi connectivity index (χ0) is 15.3. The van der Waals surface area contributed by atoms with Crippen molar-refractivity contribution in [3.8, 4) is 0 Å². The molecule has 2 heterocycles. The van der Waals surface area contributed by atoms with Crippen LogP contribution < -0.4 is 10.6 Å². The quantitative estimate of drug-likeness (QED) is 0.870. The van der Waals surface area contributed by atoms with Crippen LogP contribution in [0.25, 0.3) is 0 Å². The Morgan fingerprint density at radius 2 is 2.05 bits per heavy atom. The molecule has 114 valence electrons. The van der Waals surface area contributed by atoms with E-state index in [0.29, 0.717) is 29.9 Å². The van der Waals surface area contributed by atoms with Crippen molar-refractivity contribution in [1.29, 1.82) is 0 Å². The second kappa shape index (κ2) is 4.83. The van der Waals surface area contributed by atoms with Crippen molar-refractivity contribution in [2.45, 2.75) is 31.7 Å². The molecule has 0 radical (unpaired) electrons. The third kappa shape index (κ3) is 2.15. The second-order valence-electron chi connectivity index (χ2n) is 6.17. The number of nitrogens with zero attached hydrogens (tertiary/aromatic N) is 1. The molecule has 6 nitrogen and oxygen atoms in total. The Morgan fingerprint density at radius 1 is 1.23 bits per heavy atom. The Balaban J connectivity index is 1.66. The van der Waals surface area contributed by atoms with E-state index >= 15 is 0 Å². The summed E-state index contributed by atoms with van der Waals surface area (Å²) in [4.78, 5) is 38.3. The first kappa shape index (κ1) is 13.3. The van der Waals surface area contributed by atoms with Crippen molar-refractivity contribution < 1.29 is 14.4 Å². The SMILES string of the molecule is O=C(Nc1ccc2c(c1)C(=O)N1CCC[C@H]1C(=O)N2)C1CC1. The van der Waals surface area contributed by atoms with Crippen LogP contribution in [0.4, 0.5) is 11.4 Å². The minimum Gasteiger partial charge on any atom is -0.327 e. The van der Waals surface area contributed by atoms with E-state index < -0.39 is 0 Å². The number of carbonyl (C=O) groups excluding carboxylic acids is 3. The highest BCUT2D eigenvalue weighted by molar-refractivity contribution is 6.11. The molecule has 3 amide bonds. The topological polar surface area (TPSA) is 78.5 Å². The molecule has 1 aromatic carbocycles. The first-order valence-corrected chi connectivity index (χ1v) is 7.70. The third-order valence-corrected chi connectivity index (χ3v) is 4.54. The molecule has 1 aliphatic carbocycles. The van der Waals surface area contributed by atoms with Gasteiger partial charge in [0.05, 0.1) is 11.3 Å². The molecule has 1 saturated carbocycles. The summed E-state index contributed by atoms with van der Waals surface area (Å²) in [6.45, 7) is 0.606. The van der Waals surface area contributed by atoms with Crippen molar-refractivity contribution in [3.05, 3.63) is 23.8 Å². The summed E-state index contributed by atoms with van der Waals surface area (Å²) in [7, 11) is 0. The maximum Gasteiger partial charge on any atom is 0.256 e. The largest absolute Gasteiger partial charge is 0.327 e. The Hall–Kier alpha value is -2.37. The molecule has 2 aliphatic heterocycles. The summed E-state index contributed by atoms with van der Waals surface area (Å²) in [6.07, 6.45) is 3.41. The highest BCUT2D eigenvalue weighted by atomic mass is 16.2. The Bertz CT molecular complexity index is 681. The number of anilines is 2. The van der Waals surface area contributed by atoms with Gasteiger partial charge in [0.15, 0.2) is 0 Å². The molecule has 1 aromatic rings. The van der Waals surface area contributed by atoms with Gasteiger partial charge in [-0.1, -0.05) is 0 Å². The number of amides is 3. The van der Waals surface area contributed by atoms with Crippen LogP contribution in [0.1, 0.15) is 36.0 Å². The van der Waals surface area contributed by atoms with Crippen LogP contribution in [-0.4, -0.2) is 35.2 Å². The molecular formula is C16H17N3O3. The summed E-state index contributed by atoms with van der Waals surface area (Å²) >= 11 is 0. The molecule has 1 saturated heterocycles. The Kier molecular flexibility index (Phi) is 2.92. The number of hydrogen-bond acceptors (Lipinski definition) is 3. The lowest BCUT2D eigenvalue weighted by Crippen LogP contribution is -2.40. The monoisotopic (exact) mass is 299 g/mol. The molecular weight excluding hydrogens is 282 g/mol. The highest BCUT2D eigenvalue weighted by Gasteiger charge is 2.38. The first-order valence-electron chi connectivity index (χ1n) is 7.70. The minimum absolute atomic E-state index is 0.00380. The van der Waals surface area contributed by atoms with Gasteiger partial charge in [-0.2, -0.15) is 0 Å². The molecule has 0 aromatic heterocycles. The smallest absolute Gasteiger partial charge is 0.256 e. The molecule has 6 heteroatoms. The molecule has 2 fully saturated rings. The molecule has 2 N–H and O–H groups in total. The van der Waals surface area contributed by atoms with E-state index in [-0.39, 0.29) is 29.7 Å². The predicted octanol–water partition coefficient (Wildman–Crippen LogP) is 1.59. The van der Waals surface area contributed by atoms with Crippen molar-refractivity contribution in [1.82, 2.24) is 4.90 Å². The molecule has 4 rings (SSSR count). The van der Waals surface area contributed by atoms with E-state index in [1.807, 2.05) is 0 Å². The van der Waals surface area contributed by atoms with Crippen LogP contribution in [0, 0.1) is 5.92 Å². The fourth-order valence-electron chi connectivity index (χ4n) is 3.15. The van der Waals surface area contributed by atoms with Crippen LogP contribution in [0.15, 0.2) is 18.2 Å². The van der Waals surface area contributed by atoms with Crippen LogP contribution in [0.5, 0.6) is 0 Å². The zero-order valence-electron chi connectivity index (χ0n) is 12.1. The van der Waals surface area contributed by atoms with Gasteiger partial charge in [0, 0.05) is 18.2 Å². The standard InChI is InChI=1S/C16H17N3O3/c20-14(9-3-4-9)17-10-5-6-12-11(8-10)16(22)19-7-1-2-13(19)15(21)18-12/h5-6,8-9,13H,1-4,7H2,(H,17,20)(H,18,21)/t13-/m0/s1. The number of hydrogen-bond donors (Lipinski definition) is 2. The van der Waals surface area contributed by atoms with Gasteiger partial charge in [-0.05, 0) is 43.9 Å². The van der Waals surface area contributed by atoms with Gasteiger partial charge >= 0.3 is 0 Å². The third-order valence-electron chi connectivity index (χ3n) is 4.54. The highest BCUT2D eigenvalue weighted by Crippen LogP contribution is 2.32. The van der Waals surface area contributed by atoms with Gasteiger partial charge in [-0.25, -0.2) is 0 Å². The fourth-order valence-corrected chi connectivity index (χ4v) is 3.15. The summed E-state index contributed by atoms with van der Waals surface area (Å²) in [5.41, 5.74) is 1.58. The van der Waals surface area contributed by atoms with Gasteiger partial charge in [0.2, 0.25) is 11.8 Å². The molecule has 0 spiro atoms. The van der Waals surface area contributed by atoms with E-state index in [9.17, 15) is 14.4 Å².